The molecule has 2 rings (SSSR count). The summed E-state index contributed by atoms with van der Waals surface area (Å²) in [5.41, 5.74) is -2.12. The van der Waals surface area contributed by atoms with E-state index in [1.54, 1.807) is 0 Å². The van der Waals surface area contributed by atoms with Crippen molar-refractivity contribution in [2.45, 2.75) is 25.4 Å². The lowest BCUT2D eigenvalue weighted by molar-refractivity contribution is 0.0262. The largest absolute Gasteiger partial charge is 0.385 e. The Morgan fingerprint density at radius 1 is 1.23 bits per heavy atom. The predicted octanol–water partition coefficient (Wildman–Crippen LogP) is 3.98. The van der Waals surface area contributed by atoms with E-state index in [4.69, 9.17) is 11.6 Å². The topological polar surface area (TPSA) is 46.0 Å². The maximum absolute atomic E-state index is 13.9. The van der Waals surface area contributed by atoms with Crippen molar-refractivity contribution < 1.29 is 18.3 Å². The lowest BCUT2D eigenvalue weighted by atomic mass is 9.81. The van der Waals surface area contributed by atoms with E-state index in [1.807, 2.05) is 0 Å². The van der Waals surface area contributed by atoms with Gasteiger partial charge < -0.3 is 5.11 Å². The molecule has 8 heteroatoms. The molecule has 3 nitrogen and oxygen atoms in total. The van der Waals surface area contributed by atoms with Crippen molar-refractivity contribution in [1.82, 2.24) is 9.97 Å². The number of nitrogens with zero attached hydrogens (tertiary/aromatic N) is 2. The molecular formula is C14H13Cl2F3N2O. The Morgan fingerprint density at radius 3 is 2.45 bits per heavy atom. The first-order chi connectivity index (χ1) is 9.75. The van der Waals surface area contributed by atoms with Crippen molar-refractivity contribution in [3.63, 3.8) is 0 Å². The van der Waals surface area contributed by atoms with Gasteiger partial charge in [0.05, 0.1) is 11.3 Å². The van der Waals surface area contributed by atoms with Gasteiger partial charge in [0, 0.05) is 17.5 Å². The van der Waals surface area contributed by atoms with Gasteiger partial charge in [-0.3, -0.25) is 0 Å². The van der Waals surface area contributed by atoms with Crippen LogP contribution < -0.4 is 0 Å². The number of aliphatic hydroxyl groups is 1. The Bertz CT molecular complexity index is 683. The molecule has 2 aromatic rings. The molecule has 2 unspecified atom stereocenters. The Labute approximate surface area is 136 Å². The highest BCUT2D eigenvalue weighted by Crippen LogP contribution is 2.38. The zero-order chi connectivity index (χ0) is 15.8. The molecule has 0 aliphatic rings. The highest BCUT2D eigenvalue weighted by atomic mass is 35.5. The summed E-state index contributed by atoms with van der Waals surface area (Å²) in [5, 5.41) is 10.2. The molecular weight excluding hydrogens is 340 g/mol. The zero-order valence-corrected chi connectivity index (χ0v) is 13.2. The van der Waals surface area contributed by atoms with Gasteiger partial charge in [-0.15, -0.1) is 12.4 Å². The minimum atomic E-state index is -1.81. The van der Waals surface area contributed by atoms with Crippen molar-refractivity contribution in [2.75, 3.05) is 0 Å². The fourth-order valence-electron chi connectivity index (χ4n) is 2.06. The first-order valence-corrected chi connectivity index (χ1v) is 6.46. The summed E-state index contributed by atoms with van der Waals surface area (Å²) in [6, 6.07) is 2.78. The number of hydrogen-bond donors (Lipinski definition) is 1. The number of halogens is 5. The van der Waals surface area contributed by atoms with Crippen LogP contribution >= 0.6 is 24.0 Å². The minimum absolute atomic E-state index is 0. The molecule has 0 bridgehead atoms. The summed E-state index contributed by atoms with van der Waals surface area (Å²) in [6.07, 6.45) is 1.05. The van der Waals surface area contributed by atoms with Gasteiger partial charge in [-0.1, -0.05) is 24.6 Å². The average Bonchev–Trinajstić information content (AvgIpc) is 2.40. The molecule has 2 atom stereocenters. The van der Waals surface area contributed by atoms with Gasteiger partial charge in [0.25, 0.3) is 0 Å². The van der Waals surface area contributed by atoms with E-state index in [-0.39, 0.29) is 28.8 Å². The molecule has 1 aromatic carbocycles. The van der Waals surface area contributed by atoms with Crippen LogP contribution in [0.1, 0.15) is 31.0 Å². The highest BCUT2D eigenvalue weighted by molar-refractivity contribution is 6.29. The smallest absolute Gasteiger partial charge is 0.182 e. The second-order valence-electron chi connectivity index (χ2n) is 4.86. The average molecular weight is 353 g/mol. The van der Waals surface area contributed by atoms with Gasteiger partial charge in [-0.05, 0) is 13.0 Å². The monoisotopic (exact) mass is 352 g/mol. The van der Waals surface area contributed by atoms with Gasteiger partial charge in [0.15, 0.2) is 11.0 Å². The normalized spacial score (nSPS) is 14.9. The zero-order valence-electron chi connectivity index (χ0n) is 11.6. The van der Waals surface area contributed by atoms with Crippen LogP contribution in [0.2, 0.25) is 5.15 Å². The van der Waals surface area contributed by atoms with Crippen molar-refractivity contribution in [3.8, 4) is 0 Å². The Hall–Kier alpha value is -1.37. The second kappa shape index (κ2) is 6.81. The molecule has 0 amide bonds. The van der Waals surface area contributed by atoms with E-state index in [9.17, 15) is 18.3 Å². The first-order valence-electron chi connectivity index (χ1n) is 6.09. The van der Waals surface area contributed by atoms with E-state index in [1.165, 1.54) is 13.8 Å². The van der Waals surface area contributed by atoms with Crippen LogP contribution in [0.3, 0.4) is 0 Å². The SMILES string of the molecule is CC(c1ncnc(Cl)c1F)C(C)(O)c1ccc(F)cc1F.Cl. The van der Waals surface area contributed by atoms with Crippen molar-refractivity contribution in [1.29, 1.82) is 0 Å². The fourth-order valence-corrected chi connectivity index (χ4v) is 2.20. The number of rotatable bonds is 3. The summed E-state index contributed by atoms with van der Waals surface area (Å²) < 4.78 is 40.7. The third-order valence-corrected chi connectivity index (χ3v) is 3.77. The van der Waals surface area contributed by atoms with Gasteiger partial charge in [0.1, 0.15) is 18.0 Å². The molecule has 1 aromatic heterocycles. The maximum Gasteiger partial charge on any atom is 0.182 e. The molecule has 0 aliphatic carbocycles. The van der Waals surface area contributed by atoms with Gasteiger partial charge >= 0.3 is 0 Å². The van der Waals surface area contributed by atoms with Crippen LogP contribution in [0.15, 0.2) is 24.5 Å². The van der Waals surface area contributed by atoms with Gasteiger partial charge in [-0.2, -0.15) is 0 Å². The van der Waals surface area contributed by atoms with Gasteiger partial charge in [0.2, 0.25) is 0 Å². The van der Waals surface area contributed by atoms with Gasteiger partial charge in [-0.25, -0.2) is 23.1 Å². The standard InChI is InChI=1S/C14H12ClF3N2O.ClH/c1-7(12-11(18)13(15)20-6-19-12)14(2,21)9-4-3-8(16)5-10(9)17;/h3-7,21H,1-2H3;1H. The molecule has 0 fully saturated rings. The lowest BCUT2D eigenvalue weighted by Gasteiger charge is -2.31. The molecule has 0 aliphatic heterocycles. The van der Waals surface area contributed by atoms with E-state index in [0.29, 0.717) is 6.07 Å². The van der Waals surface area contributed by atoms with Crippen LogP contribution in [-0.2, 0) is 5.60 Å². The summed E-state index contributed by atoms with van der Waals surface area (Å²) in [5.74, 6) is -3.50. The quantitative estimate of drug-likeness (QED) is 0.849. The van der Waals surface area contributed by atoms with Crippen molar-refractivity contribution >= 4 is 24.0 Å². The maximum atomic E-state index is 13.9. The summed E-state index contributed by atoms with van der Waals surface area (Å²) in [7, 11) is 0. The first kappa shape index (κ1) is 18.7. The highest BCUT2D eigenvalue weighted by Gasteiger charge is 2.37. The van der Waals surface area contributed by atoms with E-state index < -0.39 is 29.0 Å². The lowest BCUT2D eigenvalue weighted by Crippen LogP contribution is -2.31. The Morgan fingerprint density at radius 2 is 1.86 bits per heavy atom. The number of hydrogen-bond acceptors (Lipinski definition) is 3. The predicted molar refractivity (Wildman–Crippen MR) is 78.6 cm³/mol. The summed E-state index contributed by atoms with van der Waals surface area (Å²) in [6.45, 7) is 2.76. The Balaban J connectivity index is 0.00000242. The van der Waals surface area contributed by atoms with Crippen LogP contribution in [0.25, 0.3) is 0 Å². The third-order valence-electron chi connectivity index (χ3n) is 3.50. The van der Waals surface area contributed by atoms with Crippen LogP contribution in [0.5, 0.6) is 0 Å². The molecule has 0 spiro atoms. The fraction of sp³-hybridized carbons (Fsp3) is 0.286. The number of aromatic nitrogens is 2. The Kier molecular flexibility index (Phi) is 5.78. The van der Waals surface area contributed by atoms with Crippen LogP contribution in [0.4, 0.5) is 13.2 Å². The molecule has 0 radical (unpaired) electrons. The van der Waals surface area contributed by atoms with Crippen molar-refractivity contribution in [3.05, 3.63) is 58.4 Å². The van der Waals surface area contributed by atoms with Crippen LogP contribution in [-0.4, -0.2) is 15.1 Å². The molecule has 1 N–H and O–H groups in total. The molecule has 22 heavy (non-hydrogen) atoms. The third kappa shape index (κ3) is 3.34. The van der Waals surface area contributed by atoms with E-state index in [0.717, 1.165) is 18.5 Å². The van der Waals surface area contributed by atoms with E-state index >= 15 is 0 Å². The summed E-state index contributed by atoms with van der Waals surface area (Å²) >= 11 is 5.57. The van der Waals surface area contributed by atoms with Crippen LogP contribution in [0, 0.1) is 17.5 Å². The molecule has 120 valence electrons. The molecule has 0 saturated carbocycles. The van der Waals surface area contributed by atoms with E-state index in [2.05, 4.69) is 9.97 Å². The minimum Gasteiger partial charge on any atom is -0.385 e. The molecule has 1 heterocycles. The number of benzene rings is 1. The molecule has 0 saturated heterocycles. The summed E-state index contributed by atoms with van der Waals surface area (Å²) in [4.78, 5) is 7.23. The second-order valence-corrected chi connectivity index (χ2v) is 5.22. The van der Waals surface area contributed by atoms with Crippen molar-refractivity contribution in [2.24, 2.45) is 0 Å².